The molecule has 0 radical (unpaired) electrons. The fraction of sp³-hybridized carbons (Fsp3) is 0.500. The van der Waals surface area contributed by atoms with Crippen LogP contribution < -0.4 is 16.7 Å². The maximum absolute atomic E-state index is 5.88. The Hall–Kier alpha value is -0.763. The van der Waals surface area contributed by atoms with E-state index in [1.807, 2.05) is 30.3 Å². The molecule has 0 aliphatic carbocycles. The molecule has 1 atom stereocenters. The number of hydrogen-bond acceptors (Lipinski definition) is 5. The molecule has 0 aromatic heterocycles. The van der Waals surface area contributed by atoms with E-state index in [9.17, 15) is 0 Å². The molecule has 4 N–H and O–H groups in total. The molecule has 1 aromatic carbocycles. The van der Waals surface area contributed by atoms with Crippen molar-refractivity contribution in [1.82, 2.24) is 0 Å². The zero-order valence-corrected chi connectivity index (χ0v) is 12.0. The Kier molecular flexibility index (Phi) is 6.48. The lowest BCUT2D eigenvalue weighted by Crippen LogP contribution is -2.56. The van der Waals surface area contributed by atoms with Crippen LogP contribution in [0.4, 0.5) is 0 Å². The third-order valence-electron chi connectivity index (χ3n) is 2.69. The predicted octanol–water partition coefficient (Wildman–Crippen LogP) is -0.182. The van der Waals surface area contributed by atoms with Crippen molar-refractivity contribution in [2.45, 2.75) is 12.5 Å². The van der Waals surface area contributed by atoms with Gasteiger partial charge in [0.05, 0.1) is 6.61 Å². The highest BCUT2D eigenvalue weighted by atomic mass is 28.4. The van der Waals surface area contributed by atoms with Crippen molar-refractivity contribution in [2.24, 2.45) is 11.5 Å². The van der Waals surface area contributed by atoms with Gasteiger partial charge in [-0.2, -0.15) is 0 Å². The molecule has 0 spiro atoms. The first-order valence-electron chi connectivity index (χ1n) is 5.94. The Labute approximate surface area is 109 Å². The van der Waals surface area contributed by atoms with E-state index in [0.717, 1.165) is 5.19 Å². The molecule has 1 unspecified atom stereocenters. The number of rotatable bonds is 8. The van der Waals surface area contributed by atoms with Crippen molar-refractivity contribution in [3.8, 4) is 0 Å². The molecule has 6 heteroatoms. The molecule has 102 valence electrons. The molecule has 18 heavy (non-hydrogen) atoms. The molecule has 0 saturated carbocycles. The average molecular weight is 270 g/mol. The van der Waals surface area contributed by atoms with Crippen LogP contribution in [0, 0.1) is 0 Å². The average Bonchev–Trinajstić information content (AvgIpc) is 2.42. The van der Waals surface area contributed by atoms with Gasteiger partial charge in [0.15, 0.2) is 0 Å². The molecule has 0 heterocycles. The Balaban J connectivity index is 2.75. The zero-order valence-electron chi connectivity index (χ0n) is 11.0. The van der Waals surface area contributed by atoms with E-state index in [0.29, 0.717) is 19.6 Å². The minimum atomic E-state index is -2.83. The van der Waals surface area contributed by atoms with Crippen LogP contribution >= 0.6 is 0 Å². The lowest BCUT2D eigenvalue weighted by molar-refractivity contribution is 0.106. The van der Waals surface area contributed by atoms with E-state index in [4.69, 9.17) is 24.7 Å². The summed E-state index contributed by atoms with van der Waals surface area (Å²) in [5.74, 6) is 0. The molecular formula is C12H22N2O3Si. The van der Waals surface area contributed by atoms with Gasteiger partial charge < -0.3 is 24.7 Å². The Morgan fingerprint density at radius 3 is 2.28 bits per heavy atom. The monoisotopic (exact) mass is 270 g/mol. The molecule has 0 aliphatic heterocycles. The molecule has 1 rings (SSSR count). The van der Waals surface area contributed by atoms with Crippen LogP contribution in [0.5, 0.6) is 0 Å². The van der Waals surface area contributed by atoms with Crippen LogP contribution in [0.1, 0.15) is 6.42 Å². The molecule has 0 bridgehead atoms. The predicted molar refractivity (Wildman–Crippen MR) is 73.4 cm³/mol. The molecule has 0 amide bonds. The van der Waals surface area contributed by atoms with Gasteiger partial charge in [0.2, 0.25) is 0 Å². The highest BCUT2D eigenvalue weighted by Gasteiger charge is 2.42. The second kappa shape index (κ2) is 7.62. The summed E-state index contributed by atoms with van der Waals surface area (Å²) < 4.78 is 16.9. The van der Waals surface area contributed by atoms with Gasteiger partial charge in [0, 0.05) is 25.4 Å². The molecule has 0 aliphatic rings. The molecular weight excluding hydrogens is 248 g/mol. The maximum Gasteiger partial charge on any atom is 0.536 e. The van der Waals surface area contributed by atoms with Gasteiger partial charge in [0.25, 0.3) is 0 Å². The van der Waals surface area contributed by atoms with E-state index in [2.05, 4.69) is 0 Å². The van der Waals surface area contributed by atoms with Gasteiger partial charge in [-0.3, -0.25) is 0 Å². The van der Waals surface area contributed by atoms with Crippen molar-refractivity contribution in [3.05, 3.63) is 30.3 Å². The molecule has 1 aromatic rings. The maximum atomic E-state index is 5.88. The Morgan fingerprint density at radius 2 is 1.78 bits per heavy atom. The highest BCUT2D eigenvalue weighted by Crippen LogP contribution is 2.09. The van der Waals surface area contributed by atoms with Gasteiger partial charge in [-0.05, 0) is 13.0 Å². The van der Waals surface area contributed by atoms with Crippen LogP contribution in [-0.4, -0.2) is 42.2 Å². The number of benzene rings is 1. The van der Waals surface area contributed by atoms with Gasteiger partial charge >= 0.3 is 8.80 Å². The number of nitrogens with two attached hydrogens (primary N) is 2. The van der Waals surface area contributed by atoms with E-state index < -0.39 is 8.80 Å². The van der Waals surface area contributed by atoms with E-state index in [1.165, 1.54) is 0 Å². The van der Waals surface area contributed by atoms with E-state index in [1.54, 1.807) is 14.2 Å². The van der Waals surface area contributed by atoms with Crippen LogP contribution in [0.15, 0.2) is 30.3 Å². The summed E-state index contributed by atoms with van der Waals surface area (Å²) in [5.41, 5.74) is 11.3. The van der Waals surface area contributed by atoms with Crippen molar-refractivity contribution in [2.75, 3.05) is 27.4 Å². The summed E-state index contributed by atoms with van der Waals surface area (Å²) in [6.45, 7) is 0.921. The Morgan fingerprint density at radius 1 is 1.17 bits per heavy atom. The van der Waals surface area contributed by atoms with Crippen molar-refractivity contribution < 1.29 is 13.3 Å². The first-order chi connectivity index (χ1) is 8.68. The fourth-order valence-electron chi connectivity index (χ4n) is 1.68. The van der Waals surface area contributed by atoms with E-state index >= 15 is 0 Å². The largest absolute Gasteiger partial charge is 0.536 e. The summed E-state index contributed by atoms with van der Waals surface area (Å²) in [6.07, 6.45) is 0.715. The normalized spacial score (nSPS) is 13.6. The van der Waals surface area contributed by atoms with Crippen molar-refractivity contribution in [3.63, 3.8) is 0 Å². The second-order valence-electron chi connectivity index (χ2n) is 3.98. The third-order valence-corrected chi connectivity index (χ3v) is 5.35. The second-order valence-corrected chi connectivity index (χ2v) is 6.77. The number of hydrogen-bond donors (Lipinski definition) is 2. The highest BCUT2D eigenvalue weighted by molar-refractivity contribution is 6.75. The quantitative estimate of drug-likeness (QED) is 0.641. The van der Waals surface area contributed by atoms with Gasteiger partial charge in [0.1, 0.15) is 0 Å². The smallest absolute Gasteiger partial charge is 0.373 e. The minimum absolute atomic E-state index is 0.101. The molecule has 0 fully saturated rings. The van der Waals surface area contributed by atoms with Gasteiger partial charge in [-0.15, -0.1) is 0 Å². The first-order valence-corrected chi connectivity index (χ1v) is 7.66. The fourth-order valence-corrected chi connectivity index (χ4v) is 3.75. The Bertz CT molecular complexity index is 333. The summed E-state index contributed by atoms with van der Waals surface area (Å²) in [4.78, 5) is 0. The summed E-state index contributed by atoms with van der Waals surface area (Å²) in [7, 11) is 0.357. The SMILES string of the molecule is CO[Si](OC)(OCC(N)CCN)c1ccccc1. The molecule has 5 nitrogen and oxygen atoms in total. The molecule has 0 saturated heterocycles. The third kappa shape index (κ3) is 3.87. The minimum Gasteiger partial charge on any atom is -0.373 e. The van der Waals surface area contributed by atoms with Gasteiger partial charge in [-0.25, -0.2) is 0 Å². The first kappa shape index (κ1) is 15.3. The lowest BCUT2D eigenvalue weighted by Gasteiger charge is -2.27. The van der Waals surface area contributed by atoms with Crippen LogP contribution in [0.25, 0.3) is 0 Å². The van der Waals surface area contributed by atoms with E-state index in [-0.39, 0.29) is 6.04 Å². The zero-order chi connectivity index (χ0) is 13.4. The van der Waals surface area contributed by atoms with Gasteiger partial charge in [-0.1, -0.05) is 30.3 Å². The van der Waals surface area contributed by atoms with Crippen LogP contribution in [-0.2, 0) is 13.3 Å². The van der Waals surface area contributed by atoms with Crippen LogP contribution in [0.3, 0.4) is 0 Å². The van der Waals surface area contributed by atoms with Crippen LogP contribution in [0.2, 0.25) is 0 Å². The summed E-state index contributed by atoms with van der Waals surface area (Å²) in [5, 5.41) is 0.926. The van der Waals surface area contributed by atoms with Crippen molar-refractivity contribution in [1.29, 1.82) is 0 Å². The van der Waals surface area contributed by atoms with Crippen molar-refractivity contribution >= 4 is 14.0 Å². The standard InChI is InChI=1S/C12H22N2O3Si/c1-15-18(16-2,12-6-4-3-5-7-12)17-10-11(14)8-9-13/h3-7,11H,8-10,13-14H2,1-2H3. The summed E-state index contributed by atoms with van der Waals surface area (Å²) in [6, 6.07) is 9.57. The lowest BCUT2D eigenvalue weighted by atomic mass is 10.2. The topological polar surface area (TPSA) is 79.7 Å². The summed E-state index contributed by atoms with van der Waals surface area (Å²) >= 11 is 0.